The molecule has 2 rings (SSSR count). The molecule has 4 N–H and O–H groups in total. The second-order valence-corrected chi connectivity index (χ2v) is 9.66. The van der Waals surface area contributed by atoms with Crippen LogP contribution in [-0.4, -0.2) is 5.66 Å². The lowest BCUT2D eigenvalue weighted by molar-refractivity contribution is 0.0773. The van der Waals surface area contributed by atoms with E-state index in [-0.39, 0.29) is 5.41 Å². The van der Waals surface area contributed by atoms with Crippen LogP contribution in [0, 0.1) is 23.2 Å². The summed E-state index contributed by atoms with van der Waals surface area (Å²) in [6, 6.07) is 8.97. The topological polar surface area (TPSA) is 52.0 Å². The summed E-state index contributed by atoms with van der Waals surface area (Å²) in [5.41, 5.74) is 18.0. The number of benzene rings is 1. The maximum absolute atomic E-state index is 6.89. The van der Waals surface area contributed by atoms with Gasteiger partial charge in [0.05, 0.1) is 5.66 Å². The van der Waals surface area contributed by atoms with Gasteiger partial charge in [-0.2, -0.15) is 0 Å². The van der Waals surface area contributed by atoms with Gasteiger partial charge in [-0.25, -0.2) is 0 Å². The summed E-state index contributed by atoms with van der Waals surface area (Å²) < 4.78 is 0. The minimum Gasteiger partial charge on any atom is -0.309 e. The number of allylic oxidation sites excluding steroid dienone is 2. The van der Waals surface area contributed by atoms with Crippen molar-refractivity contribution >= 4 is 0 Å². The average molecular weight is 369 g/mol. The first-order chi connectivity index (χ1) is 12.4. The first-order valence-electron chi connectivity index (χ1n) is 10.5. The summed E-state index contributed by atoms with van der Waals surface area (Å²) in [6.45, 7) is 17.9. The van der Waals surface area contributed by atoms with E-state index in [4.69, 9.17) is 11.5 Å². The van der Waals surface area contributed by atoms with E-state index < -0.39 is 5.66 Å². The van der Waals surface area contributed by atoms with Crippen LogP contribution >= 0.6 is 0 Å². The number of hydrogen-bond donors (Lipinski definition) is 2. The van der Waals surface area contributed by atoms with E-state index in [0.717, 1.165) is 6.42 Å². The third-order valence-corrected chi connectivity index (χ3v) is 6.52. The molecule has 0 bridgehead atoms. The Morgan fingerprint density at radius 3 is 1.93 bits per heavy atom. The van der Waals surface area contributed by atoms with Crippen LogP contribution in [0.1, 0.15) is 72.4 Å². The molecule has 0 radical (unpaired) electrons. The van der Waals surface area contributed by atoms with Crippen molar-refractivity contribution in [3.63, 3.8) is 0 Å². The van der Waals surface area contributed by atoms with Gasteiger partial charge in [-0.1, -0.05) is 91.8 Å². The molecule has 0 heterocycles. The van der Waals surface area contributed by atoms with Crippen LogP contribution in [0.5, 0.6) is 0 Å². The molecule has 1 aliphatic carbocycles. The largest absolute Gasteiger partial charge is 0.309 e. The predicted octanol–water partition coefficient (Wildman–Crippen LogP) is 5.79. The fraction of sp³-hybridized carbons (Fsp3) is 0.600. The summed E-state index contributed by atoms with van der Waals surface area (Å²) in [5, 5.41) is 0. The zero-order valence-electron chi connectivity index (χ0n) is 18.6. The molecule has 0 atom stereocenters. The van der Waals surface area contributed by atoms with Crippen molar-refractivity contribution < 1.29 is 0 Å². The molecular formula is C25H40N2. The van der Waals surface area contributed by atoms with Crippen molar-refractivity contribution in [3.05, 3.63) is 58.7 Å². The molecule has 0 aliphatic heterocycles. The Labute approximate surface area is 167 Å². The van der Waals surface area contributed by atoms with Gasteiger partial charge in [0, 0.05) is 5.41 Å². The average Bonchev–Trinajstić information content (AvgIpc) is 2.55. The van der Waals surface area contributed by atoms with Crippen LogP contribution in [0.15, 0.2) is 47.6 Å². The highest BCUT2D eigenvalue weighted by molar-refractivity contribution is 5.45. The van der Waals surface area contributed by atoms with Gasteiger partial charge in [0.15, 0.2) is 0 Å². The Kier molecular flexibility index (Phi) is 6.44. The fourth-order valence-corrected chi connectivity index (χ4v) is 5.04. The Hall–Kier alpha value is -1.38. The van der Waals surface area contributed by atoms with E-state index in [1.54, 1.807) is 0 Å². The smallest absolute Gasteiger partial charge is 0.0962 e. The second-order valence-electron chi connectivity index (χ2n) is 9.66. The second kappa shape index (κ2) is 7.93. The molecule has 150 valence electrons. The predicted molar refractivity (Wildman–Crippen MR) is 118 cm³/mol. The highest BCUT2D eigenvalue weighted by Gasteiger charge is 2.53. The van der Waals surface area contributed by atoms with Gasteiger partial charge in [-0.3, -0.25) is 0 Å². The number of nitrogens with two attached hydrogens (primary N) is 2. The minimum atomic E-state index is -0.827. The fourth-order valence-electron chi connectivity index (χ4n) is 5.04. The van der Waals surface area contributed by atoms with E-state index in [1.165, 1.54) is 22.3 Å². The molecule has 0 unspecified atom stereocenters. The van der Waals surface area contributed by atoms with E-state index in [9.17, 15) is 0 Å². The first-order valence-corrected chi connectivity index (χ1v) is 10.5. The van der Waals surface area contributed by atoms with Gasteiger partial charge in [-0.05, 0) is 52.4 Å². The molecule has 0 saturated heterocycles. The molecule has 1 aromatic rings. The summed E-state index contributed by atoms with van der Waals surface area (Å²) in [4.78, 5) is 0. The highest BCUT2D eigenvalue weighted by atomic mass is 15.0. The molecule has 0 aromatic heterocycles. The zero-order chi connectivity index (χ0) is 20.6. The van der Waals surface area contributed by atoms with Crippen LogP contribution in [0.2, 0.25) is 0 Å². The van der Waals surface area contributed by atoms with E-state index in [1.807, 2.05) is 0 Å². The molecule has 27 heavy (non-hydrogen) atoms. The van der Waals surface area contributed by atoms with Crippen LogP contribution in [0.25, 0.3) is 0 Å². The lowest BCUT2D eigenvalue weighted by Crippen LogP contribution is -2.68. The van der Waals surface area contributed by atoms with Crippen LogP contribution in [0.4, 0.5) is 0 Å². The normalized spacial score (nSPS) is 19.0. The Morgan fingerprint density at radius 1 is 0.852 bits per heavy atom. The molecule has 0 fully saturated rings. The molecular weight excluding hydrogens is 328 g/mol. The van der Waals surface area contributed by atoms with E-state index in [2.05, 4.69) is 91.8 Å². The standard InChI is InChI=1S/C25H40N2/c1-16(2)22-11-9-10-20(13-22)12-21-14-23(17(3)4)25(26,27)24(15-21,18(5)6)19(7)8/h9-11,13-19H,12,26-27H2,1-8H3. The number of rotatable bonds is 6. The lowest BCUT2D eigenvalue weighted by Gasteiger charge is -2.54. The summed E-state index contributed by atoms with van der Waals surface area (Å²) in [6.07, 6.45) is 5.60. The minimum absolute atomic E-state index is 0.258. The van der Waals surface area contributed by atoms with Gasteiger partial charge >= 0.3 is 0 Å². The number of hydrogen-bond acceptors (Lipinski definition) is 2. The molecule has 2 heteroatoms. The first kappa shape index (κ1) is 21.9. The van der Waals surface area contributed by atoms with Gasteiger partial charge < -0.3 is 11.5 Å². The Balaban J connectivity index is 2.57. The van der Waals surface area contributed by atoms with Crippen molar-refractivity contribution in [2.24, 2.45) is 34.6 Å². The van der Waals surface area contributed by atoms with Gasteiger partial charge in [-0.15, -0.1) is 0 Å². The molecule has 0 spiro atoms. The van der Waals surface area contributed by atoms with Crippen molar-refractivity contribution in [2.45, 2.75) is 73.4 Å². The third-order valence-electron chi connectivity index (χ3n) is 6.52. The van der Waals surface area contributed by atoms with E-state index in [0.29, 0.717) is 23.7 Å². The lowest BCUT2D eigenvalue weighted by atomic mass is 9.55. The molecule has 1 aliphatic rings. The summed E-state index contributed by atoms with van der Waals surface area (Å²) in [5.74, 6) is 1.57. The van der Waals surface area contributed by atoms with Crippen LogP contribution in [-0.2, 0) is 6.42 Å². The Morgan fingerprint density at radius 2 is 1.44 bits per heavy atom. The van der Waals surface area contributed by atoms with Crippen LogP contribution < -0.4 is 11.5 Å². The van der Waals surface area contributed by atoms with Crippen molar-refractivity contribution in [1.29, 1.82) is 0 Å². The van der Waals surface area contributed by atoms with E-state index >= 15 is 0 Å². The highest BCUT2D eigenvalue weighted by Crippen LogP contribution is 2.51. The van der Waals surface area contributed by atoms with Crippen LogP contribution in [0.3, 0.4) is 0 Å². The molecule has 0 saturated carbocycles. The third kappa shape index (κ3) is 3.93. The monoisotopic (exact) mass is 368 g/mol. The quantitative estimate of drug-likeness (QED) is 0.625. The van der Waals surface area contributed by atoms with Crippen molar-refractivity contribution in [1.82, 2.24) is 0 Å². The molecule has 0 amide bonds. The Bertz CT molecular complexity index is 710. The molecule has 1 aromatic carbocycles. The summed E-state index contributed by atoms with van der Waals surface area (Å²) >= 11 is 0. The SMILES string of the molecule is CC(C)C1=CC(Cc2cccc(C(C)C)c2)=CC(C(C)C)(C(C)C)C1(N)N. The maximum Gasteiger partial charge on any atom is 0.0962 e. The van der Waals surface area contributed by atoms with Gasteiger partial charge in [0.1, 0.15) is 0 Å². The zero-order valence-corrected chi connectivity index (χ0v) is 18.6. The molecule has 2 nitrogen and oxygen atoms in total. The van der Waals surface area contributed by atoms with Crippen molar-refractivity contribution in [3.8, 4) is 0 Å². The van der Waals surface area contributed by atoms with Crippen molar-refractivity contribution in [2.75, 3.05) is 0 Å². The maximum atomic E-state index is 6.89. The van der Waals surface area contributed by atoms with Gasteiger partial charge in [0.2, 0.25) is 0 Å². The summed E-state index contributed by atoms with van der Waals surface area (Å²) in [7, 11) is 0. The van der Waals surface area contributed by atoms with Gasteiger partial charge in [0.25, 0.3) is 0 Å².